The molecule has 4 aromatic rings. The molecule has 2 saturated carbocycles. The molecule has 8 heteroatoms. The number of nitrogens with one attached hydrogen (secondary N) is 2. The monoisotopic (exact) mass is 482 g/mol. The Morgan fingerprint density at radius 1 is 1.17 bits per heavy atom. The summed E-state index contributed by atoms with van der Waals surface area (Å²) < 4.78 is 7.89. The lowest BCUT2D eigenvalue weighted by atomic mass is 9.76. The van der Waals surface area contributed by atoms with Crippen molar-refractivity contribution in [2.45, 2.75) is 45.6 Å². The highest BCUT2D eigenvalue weighted by Gasteiger charge is 2.26. The van der Waals surface area contributed by atoms with Gasteiger partial charge in [0.05, 0.1) is 12.4 Å². The molecule has 0 atom stereocenters. The van der Waals surface area contributed by atoms with Gasteiger partial charge in [-0.2, -0.15) is 14.6 Å². The maximum absolute atomic E-state index is 12.6. The van der Waals surface area contributed by atoms with Crippen molar-refractivity contribution < 1.29 is 9.53 Å². The van der Waals surface area contributed by atoms with Crippen molar-refractivity contribution in [3.8, 4) is 22.8 Å². The van der Waals surface area contributed by atoms with Crippen LogP contribution in [0.4, 0.5) is 5.82 Å². The van der Waals surface area contributed by atoms with Crippen LogP contribution in [0.25, 0.3) is 16.8 Å². The van der Waals surface area contributed by atoms with Gasteiger partial charge in [-0.1, -0.05) is 19.1 Å². The summed E-state index contributed by atoms with van der Waals surface area (Å²) in [6, 6.07) is 11.8. The van der Waals surface area contributed by atoms with Gasteiger partial charge in [0.15, 0.2) is 5.65 Å². The molecule has 36 heavy (non-hydrogen) atoms. The Kier molecular flexibility index (Phi) is 5.79. The van der Waals surface area contributed by atoms with E-state index in [1.807, 2.05) is 54.0 Å². The summed E-state index contributed by atoms with van der Waals surface area (Å²) in [5.74, 6) is 3.38. The van der Waals surface area contributed by atoms with Gasteiger partial charge >= 0.3 is 0 Å². The second kappa shape index (κ2) is 9.26. The summed E-state index contributed by atoms with van der Waals surface area (Å²) in [4.78, 5) is 21.5. The normalized spacial score (nSPS) is 19.1. The SMILES string of the molecule is Cc1cc(-c2cnn3c(NC[C@H]4C[C@@H](C)C4)cc(Oc4cccnc4)nc23)ccc1C(=O)NC1CC1. The van der Waals surface area contributed by atoms with Gasteiger partial charge in [-0.3, -0.25) is 9.78 Å². The number of ether oxygens (including phenoxy) is 1. The average molecular weight is 483 g/mol. The van der Waals surface area contributed by atoms with Crippen LogP contribution >= 0.6 is 0 Å². The number of benzene rings is 1. The number of hydrogen-bond donors (Lipinski definition) is 2. The molecule has 184 valence electrons. The molecule has 1 aromatic carbocycles. The zero-order valence-corrected chi connectivity index (χ0v) is 20.6. The molecule has 6 rings (SSSR count). The molecule has 0 unspecified atom stereocenters. The quantitative estimate of drug-likeness (QED) is 0.357. The molecule has 3 heterocycles. The van der Waals surface area contributed by atoms with Gasteiger partial charge in [-0.05, 0) is 73.8 Å². The van der Waals surface area contributed by atoms with E-state index in [4.69, 9.17) is 9.72 Å². The Bertz CT molecular complexity index is 1410. The molecule has 1 amide bonds. The summed E-state index contributed by atoms with van der Waals surface area (Å²) in [6.07, 6.45) is 9.82. The zero-order valence-electron chi connectivity index (χ0n) is 20.6. The van der Waals surface area contributed by atoms with Crippen molar-refractivity contribution >= 4 is 17.4 Å². The predicted molar refractivity (Wildman–Crippen MR) is 138 cm³/mol. The molecular weight excluding hydrogens is 452 g/mol. The van der Waals surface area contributed by atoms with Crippen LogP contribution in [0.2, 0.25) is 0 Å². The number of aryl methyl sites for hydroxylation is 1. The third kappa shape index (κ3) is 4.63. The Hall–Kier alpha value is -3.94. The lowest BCUT2D eigenvalue weighted by Crippen LogP contribution is -2.28. The number of rotatable bonds is 8. The molecule has 0 saturated heterocycles. The predicted octanol–water partition coefficient (Wildman–Crippen LogP) is 5.24. The first-order valence-corrected chi connectivity index (χ1v) is 12.7. The van der Waals surface area contributed by atoms with Gasteiger partial charge < -0.3 is 15.4 Å². The van der Waals surface area contributed by atoms with Crippen molar-refractivity contribution in [2.24, 2.45) is 11.8 Å². The Balaban J connectivity index is 1.34. The summed E-state index contributed by atoms with van der Waals surface area (Å²) in [5.41, 5.74) is 4.15. The van der Waals surface area contributed by atoms with E-state index in [0.29, 0.717) is 34.8 Å². The number of carbonyl (C=O) groups is 1. The largest absolute Gasteiger partial charge is 0.437 e. The maximum atomic E-state index is 12.6. The molecule has 3 aromatic heterocycles. The lowest BCUT2D eigenvalue weighted by molar-refractivity contribution is 0.0950. The molecule has 0 aliphatic heterocycles. The van der Waals surface area contributed by atoms with Gasteiger partial charge in [-0.25, -0.2) is 0 Å². The topological polar surface area (TPSA) is 93.4 Å². The Morgan fingerprint density at radius 2 is 2.03 bits per heavy atom. The van der Waals surface area contributed by atoms with E-state index in [-0.39, 0.29) is 5.91 Å². The second-order valence-corrected chi connectivity index (χ2v) is 10.2. The maximum Gasteiger partial charge on any atom is 0.251 e. The lowest BCUT2D eigenvalue weighted by Gasteiger charge is -2.32. The molecular formula is C28H30N6O2. The highest BCUT2D eigenvalue weighted by Crippen LogP contribution is 2.34. The van der Waals surface area contributed by atoms with Gasteiger partial charge in [0.2, 0.25) is 5.88 Å². The van der Waals surface area contributed by atoms with Crippen molar-refractivity contribution in [3.05, 3.63) is 66.1 Å². The van der Waals surface area contributed by atoms with Gasteiger partial charge in [-0.15, -0.1) is 0 Å². The molecule has 8 nitrogen and oxygen atoms in total. The van der Waals surface area contributed by atoms with Crippen molar-refractivity contribution in [3.63, 3.8) is 0 Å². The fraction of sp³-hybridized carbons (Fsp3) is 0.357. The molecule has 2 aliphatic rings. The number of nitrogens with zero attached hydrogens (tertiary/aromatic N) is 4. The van der Waals surface area contributed by atoms with E-state index >= 15 is 0 Å². The minimum Gasteiger partial charge on any atom is -0.437 e. The van der Waals surface area contributed by atoms with E-state index in [0.717, 1.165) is 47.8 Å². The number of fused-ring (bicyclic) bond motifs is 1. The molecule has 0 spiro atoms. The number of anilines is 1. The first-order valence-electron chi connectivity index (χ1n) is 12.7. The van der Waals surface area contributed by atoms with Crippen molar-refractivity contribution in [1.29, 1.82) is 0 Å². The first kappa shape index (κ1) is 22.5. The van der Waals surface area contributed by atoms with Crippen LogP contribution in [0.15, 0.2) is 55.0 Å². The molecule has 0 radical (unpaired) electrons. The van der Waals surface area contributed by atoms with Crippen LogP contribution in [0.3, 0.4) is 0 Å². The summed E-state index contributed by atoms with van der Waals surface area (Å²) in [7, 11) is 0. The first-order chi connectivity index (χ1) is 17.5. The number of hydrogen-bond acceptors (Lipinski definition) is 6. The third-order valence-corrected chi connectivity index (χ3v) is 7.04. The van der Waals surface area contributed by atoms with E-state index in [9.17, 15) is 4.79 Å². The Morgan fingerprint density at radius 3 is 2.75 bits per heavy atom. The second-order valence-electron chi connectivity index (χ2n) is 10.2. The smallest absolute Gasteiger partial charge is 0.251 e. The van der Waals surface area contributed by atoms with Crippen LogP contribution in [-0.4, -0.2) is 38.1 Å². The number of pyridine rings is 1. The highest BCUT2D eigenvalue weighted by atomic mass is 16.5. The van der Waals surface area contributed by atoms with E-state index in [1.54, 1.807) is 12.4 Å². The van der Waals surface area contributed by atoms with Crippen LogP contribution in [0, 0.1) is 18.8 Å². The number of amides is 1. The fourth-order valence-electron chi connectivity index (χ4n) is 4.91. The molecule has 2 N–H and O–H groups in total. The molecule has 0 bridgehead atoms. The average Bonchev–Trinajstić information content (AvgIpc) is 3.56. The van der Waals surface area contributed by atoms with E-state index in [2.05, 4.69) is 27.6 Å². The van der Waals surface area contributed by atoms with Crippen LogP contribution in [0.1, 0.15) is 48.5 Å². The van der Waals surface area contributed by atoms with Gasteiger partial charge in [0, 0.05) is 36.0 Å². The Labute approximate surface area is 210 Å². The summed E-state index contributed by atoms with van der Waals surface area (Å²) >= 11 is 0. The standard InChI is InChI=1S/C28H30N6O2/c1-17-10-19(11-17)14-30-25-13-26(36-22-4-3-9-29-15-22)33-27-24(16-31-34(25)27)20-5-8-23(18(2)12-20)28(35)32-21-6-7-21/h3-5,8-9,12-13,15-17,19,21,30H,6-7,10-11,14H2,1-2H3,(H,32,35)/t17-,19+. The van der Waals surface area contributed by atoms with Gasteiger partial charge in [0.1, 0.15) is 11.6 Å². The third-order valence-electron chi connectivity index (χ3n) is 7.04. The number of carbonyl (C=O) groups excluding carboxylic acids is 1. The van der Waals surface area contributed by atoms with Crippen LogP contribution < -0.4 is 15.4 Å². The molecule has 2 fully saturated rings. The molecule has 2 aliphatic carbocycles. The van der Waals surface area contributed by atoms with Gasteiger partial charge in [0.25, 0.3) is 5.91 Å². The minimum absolute atomic E-state index is 0.0107. The summed E-state index contributed by atoms with van der Waals surface area (Å²) in [6.45, 7) is 5.15. The summed E-state index contributed by atoms with van der Waals surface area (Å²) in [5, 5.41) is 11.3. The van der Waals surface area contributed by atoms with Crippen LogP contribution in [0.5, 0.6) is 11.6 Å². The zero-order chi connectivity index (χ0) is 24.6. The van der Waals surface area contributed by atoms with E-state index in [1.165, 1.54) is 12.8 Å². The van der Waals surface area contributed by atoms with Crippen LogP contribution in [-0.2, 0) is 0 Å². The highest BCUT2D eigenvalue weighted by molar-refractivity contribution is 5.97. The van der Waals surface area contributed by atoms with Crippen molar-refractivity contribution in [2.75, 3.05) is 11.9 Å². The fourth-order valence-corrected chi connectivity index (χ4v) is 4.91. The minimum atomic E-state index is -0.0107. The van der Waals surface area contributed by atoms with E-state index < -0.39 is 0 Å². The number of aromatic nitrogens is 4. The van der Waals surface area contributed by atoms with Crippen molar-refractivity contribution in [1.82, 2.24) is 24.9 Å².